The summed E-state index contributed by atoms with van der Waals surface area (Å²) in [6, 6.07) is 7.88. The number of methoxy groups -OCH3 is 1. The lowest BCUT2D eigenvalue weighted by molar-refractivity contribution is -0.131. The second-order valence-corrected chi connectivity index (χ2v) is 6.34. The number of hydrogen-bond donors (Lipinski definition) is 2. The molecule has 2 aromatic carbocycles. The van der Waals surface area contributed by atoms with Gasteiger partial charge in [-0.15, -0.1) is 0 Å². The fourth-order valence-corrected chi connectivity index (χ4v) is 2.79. The molecule has 2 amide bonds. The molecule has 8 heteroatoms. The van der Waals surface area contributed by atoms with E-state index in [2.05, 4.69) is 10.6 Å². The number of anilines is 2. The molecular weight excluding hydrogens is 366 g/mol. The van der Waals surface area contributed by atoms with Crippen LogP contribution in [0.4, 0.5) is 20.2 Å². The molecule has 0 aromatic heterocycles. The number of amides is 2. The molecule has 0 heterocycles. The van der Waals surface area contributed by atoms with Crippen molar-refractivity contribution in [1.29, 1.82) is 0 Å². The van der Waals surface area contributed by atoms with Crippen molar-refractivity contribution in [2.24, 2.45) is 5.41 Å². The largest absolute Gasteiger partial charge is 0.495 e. The molecule has 0 saturated heterocycles. The fraction of sp³-hybridized carbons (Fsp3) is 0.222. The number of hydrogen-bond acceptors (Lipinski definition) is 3. The van der Waals surface area contributed by atoms with Gasteiger partial charge in [-0.3, -0.25) is 9.59 Å². The summed E-state index contributed by atoms with van der Waals surface area (Å²) >= 11 is 6.01. The van der Waals surface area contributed by atoms with E-state index in [4.69, 9.17) is 16.3 Å². The molecule has 0 radical (unpaired) electrons. The molecule has 0 bridgehead atoms. The van der Waals surface area contributed by atoms with E-state index >= 15 is 0 Å². The number of halogens is 3. The van der Waals surface area contributed by atoms with E-state index in [0.29, 0.717) is 16.5 Å². The monoisotopic (exact) mass is 380 g/mol. The van der Waals surface area contributed by atoms with Crippen LogP contribution in [0.15, 0.2) is 36.4 Å². The Morgan fingerprint density at radius 2 is 1.69 bits per heavy atom. The van der Waals surface area contributed by atoms with Gasteiger partial charge in [-0.2, -0.15) is 0 Å². The lowest BCUT2D eigenvalue weighted by Gasteiger charge is -2.16. The third kappa shape index (κ3) is 3.35. The van der Waals surface area contributed by atoms with E-state index in [0.717, 1.165) is 12.1 Å². The lowest BCUT2D eigenvalue weighted by atomic mass is 10.0. The van der Waals surface area contributed by atoms with Crippen molar-refractivity contribution in [3.63, 3.8) is 0 Å². The summed E-state index contributed by atoms with van der Waals surface area (Å²) < 4.78 is 32.4. The van der Waals surface area contributed by atoms with Crippen LogP contribution in [0.3, 0.4) is 0 Å². The highest BCUT2D eigenvalue weighted by Crippen LogP contribution is 2.48. The fourth-order valence-electron chi connectivity index (χ4n) is 2.53. The zero-order valence-electron chi connectivity index (χ0n) is 13.7. The van der Waals surface area contributed by atoms with Gasteiger partial charge in [0.1, 0.15) is 28.5 Å². The van der Waals surface area contributed by atoms with Crippen LogP contribution in [0.5, 0.6) is 5.75 Å². The van der Waals surface area contributed by atoms with Gasteiger partial charge in [0.05, 0.1) is 12.1 Å². The molecule has 1 fully saturated rings. The Morgan fingerprint density at radius 1 is 1.08 bits per heavy atom. The zero-order chi connectivity index (χ0) is 18.9. The van der Waals surface area contributed by atoms with Crippen molar-refractivity contribution in [1.82, 2.24) is 0 Å². The number of para-hydroxylation sites is 1. The van der Waals surface area contributed by atoms with Crippen molar-refractivity contribution in [2.75, 3.05) is 17.7 Å². The minimum Gasteiger partial charge on any atom is -0.495 e. The molecule has 1 saturated carbocycles. The zero-order valence-corrected chi connectivity index (χ0v) is 14.5. The van der Waals surface area contributed by atoms with Gasteiger partial charge in [-0.05, 0) is 43.2 Å². The number of nitrogens with one attached hydrogen (secondary N) is 2. The van der Waals surface area contributed by atoms with Crippen LogP contribution in [0.25, 0.3) is 0 Å². The number of rotatable bonds is 5. The molecule has 1 aliphatic carbocycles. The number of ether oxygens (including phenoxy) is 1. The quantitative estimate of drug-likeness (QED) is 0.771. The summed E-state index contributed by atoms with van der Waals surface area (Å²) in [5.74, 6) is -2.68. The molecule has 0 unspecified atom stereocenters. The van der Waals surface area contributed by atoms with Crippen molar-refractivity contribution in [3.05, 3.63) is 53.1 Å². The normalized spacial score (nSPS) is 14.5. The molecule has 3 rings (SSSR count). The van der Waals surface area contributed by atoms with E-state index < -0.39 is 34.6 Å². The Kier molecular flexibility index (Phi) is 4.82. The molecule has 26 heavy (non-hydrogen) atoms. The first-order valence-electron chi connectivity index (χ1n) is 7.78. The summed E-state index contributed by atoms with van der Waals surface area (Å²) in [6.45, 7) is 0. The maximum absolute atomic E-state index is 13.7. The predicted octanol–water partition coefficient (Wildman–Crippen LogP) is 3.98. The summed E-state index contributed by atoms with van der Waals surface area (Å²) in [5, 5.41) is 5.09. The first kappa shape index (κ1) is 18.1. The van der Waals surface area contributed by atoms with E-state index in [9.17, 15) is 18.4 Å². The van der Waals surface area contributed by atoms with E-state index in [1.54, 1.807) is 12.1 Å². The molecule has 136 valence electrons. The number of carbonyl (C=O) groups is 2. The maximum atomic E-state index is 13.7. The first-order chi connectivity index (χ1) is 12.4. The van der Waals surface area contributed by atoms with Crippen molar-refractivity contribution in [2.45, 2.75) is 12.8 Å². The highest BCUT2D eigenvalue weighted by atomic mass is 35.5. The van der Waals surface area contributed by atoms with Crippen LogP contribution in [-0.4, -0.2) is 18.9 Å². The number of benzene rings is 2. The van der Waals surface area contributed by atoms with Crippen LogP contribution < -0.4 is 15.4 Å². The molecule has 0 aliphatic heterocycles. The summed E-state index contributed by atoms with van der Waals surface area (Å²) in [6.07, 6.45) is 0.565. The standard InChI is InChI=1S/C18H15ClF2N2O3/c1-26-14-6-5-10(9-11(14)19)22-16(24)18(7-8-18)17(25)23-15-12(20)3-2-4-13(15)21/h2-6,9H,7-8H2,1H3,(H,22,24)(H,23,25). The van der Waals surface area contributed by atoms with Gasteiger partial charge in [-0.25, -0.2) is 8.78 Å². The lowest BCUT2D eigenvalue weighted by Crippen LogP contribution is -2.36. The van der Waals surface area contributed by atoms with Gasteiger partial charge in [0, 0.05) is 5.69 Å². The Morgan fingerprint density at radius 3 is 2.23 bits per heavy atom. The van der Waals surface area contributed by atoms with Gasteiger partial charge in [-0.1, -0.05) is 17.7 Å². The molecule has 2 N–H and O–H groups in total. The van der Waals surface area contributed by atoms with Gasteiger partial charge in [0.2, 0.25) is 11.8 Å². The minimum atomic E-state index is -1.36. The summed E-state index contributed by atoms with van der Waals surface area (Å²) in [4.78, 5) is 25.0. The van der Waals surface area contributed by atoms with Crippen LogP contribution in [0.2, 0.25) is 5.02 Å². The average molecular weight is 381 g/mol. The molecule has 5 nitrogen and oxygen atoms in total. The molecule has 0 spiro atoms. The third-order valence-electron chi connectivity index (χ3n) is 4.23. The van der Waals surface area contributed by atoms with Crippen LogP contribution in [0, 0.1) is 17.0 Å². The molecule has 2 aromatic rings. The SMILES string of the molecule is COc1ccc(NC(=O)C2(C(=O)Nc3c(F)cccc3F)CC2)cc1Cl. The van der Waals surface area contributed by atoms with E-state index in [1.165, 1.54) is 19.2 Å². The first-order valence-corrected chi connectivity index (χ1v) is 8.15. The predicted molar refractivity (Wildman–Crippen MR) is 93.3 cm³/mol. The second-order valence-electron chi connectivity index (χ2n) is 5.94. The van der Waals surface area contributed by atoms with Gasteiger partial charge in [0.25, 0.3) is 0 Å². The molecular formula is C18H15ClF2N2O3. The summed E-state index contributed by atoms with van der Waals surface area (Å²) in [5.41, 5.74) is -1.54. The topological polar surface area (TPSA) is 67.4 Å². The van der Waals surface area contributed by atoms with Gasteiger partial charge < -0.3 is 15.4 Å². The molecule has 0 atom stereocenters. The highest BCUT2D eigenvalue weighted by molar-refractivity contribution is 6.32. The van der Waals surface area contributed by atoms with Crippen molar-refractivity contribution < 1.29 is 23.1 Å². The van der Waals surface area contributed by atoms with Gasteiger partial charge >= 0.3 is 0 Å². The van der Waals surface area contributed by atoms with Crippen molar-refractivity contribution >= 4 is 34.8 Å². The Bertz CT molecular complexity index is 864. The maximum Gasteiger partial charge on any atom is 0.240 e. The van der Waals surface area contributed by atoms with Crippen LogP contribution >= 0.6 is 11.6 Å². The van der Waals surface area contributed by atoms with Crippen LogP contribution in [0.1, 0.15) is 12.8 Å². The summed E-state index contributed by atoms with van der Waals surface area (Å²) in [7, 11) is 1.46. The Balaban J connectivity index is 1.74. The Hall–Kier alpha value is -2.67. The van der Waals surface area contributed by atoms with Crippen molar-refractivity contribution in [3.8, 4) is 5.75 Å². The minimum absolute atomic E-state index is 0.282. The van der Waals surface area contributed by atoms with Gasteiger partial charge in [0.15, 0.2) is 0 Å². The second kappa shape index (κ2) is 6.92. The third-order valence-corrected chi connectivity index (χ3v) is 4.53. The average Bonchev–Trinajstić information content (AvgIpc) is 3.40. The highest BCUT2D eigenvalue weighted by Gasteiger charge is 2.56. The smallest absolute Gasteiger partial charge is 0.240 e. The van der Waals surface area contributed by atoms with Crippen LogP contribution in [-0.2, 0) is 9.59 Å². The van der Waals surface area contributed by atoms with E-state index in [-0.39, 0.29) is 12.8 Å². The van der Waals surface area contributed by atoms with E-state index in [1.807, 2.05) is 0 Å². The Labute approximate surface area is 153 Å². The number of carbonyl (C=O) groups excluding carboxylic acids is 2. The molecule has 1 aliphatic rings.